The Labute approximate surface area is 115 Å². The average Bonchev–Trinajstić information content (AvgIpc) is 2.65. The van der Waals surface area contributed by atoms with Gasteiger partial charge in [-0.1, -0.05) is 0 Å². The number of halogens is 3. The molecule has 20 heavy (non-hydrogen) atoms. The fourth-order valence-electron chi connectivity index (χ4n) is 2.64. The van der Waals surface area contributed by atoms with Crippen molar-refractivity contribution in [3.05, 3.63) is 24.5 Å². The van der Waals surface area contributed by atoms with E-state index in [4.69, 9.17) is 0 Å². The standard InChI is InChI=1S/C13H16F3N3O/c1-12(2)10(13(14,15)16)5-7-19(12)11(20)18-9-4-3-6-17-8-9/h3-4,6,8,10H,5,7H2,1-2H3,(H,18,20)/t10-/m1/s1. The second-order valence-corrected chi connectivity index (χ2v) is 5.36. The van der Waals surface area contributed by atoms with E-state index in [1.54, 1.807) is 18.3 Å². The number of carbonyl (C=O) groups is 1. The second-order valence-electron chi connectivity index (χ2n) is 5.36. The third kappa shape index (κ3) is 2.71. The summed E-state index contributed by atoms with van der Waals surface area (Å²) in [6, 6.07) is 2.74. The molecule has 2 amide bonds. The van der Waals surface area contributed by atoms with Crippen molar-refractivity contribution < 1.29 is 18.0 Å². The molecule has 1 aliphatic heterocycles. The quantitative estimate of drug-likeness (QED) is 0.861. The zero-order valence-corrected chi connectivity index (χ0v) is 11.2. The van der Waals surface area contributed by atoms with Gasteiger partial charge in [0.25, 0.3) is 0 Å². The lowest BCUT2D eigenvalue weighted by molar-refractivity contribution is -0.189. The van der Waals surface area contributed by atoms with Gasteiger partial charge in [0.2, 0.25) is 0 Å². The van der Waals surface area contributed by atoms with Crippen LogP contribution in [0.25, 0.3) is 0 Å². The van der Waals surface area contributed by atoms with Gasteiger partial charge in [-0.25, -0.2) is 4.79 Å². The van der Waals surface area contributed by atoms with Gasteiger partial charge in [0.1, 0.15) is 0 Å². The minimum Gasteiger partial charge on any atom is -0.319 e. The van der Waals surface area contributed by atoms with Crippen molar-refractivity contribution in [3.63, 3.8) is 0 Å². The molecule has 0 aliphatic carbocycles. The van der Waals surface area contributed by atoms with Crippen LogP contribution >= 0.6 is 0 Å². The Hall–Kier alpha value is -1.79. The van der Waals surface area contributed by atoms with Crippen LogP contribution in [0.5, 0.6) is 0 Å². The van der Waals surface area contributed by atoms with Crippen LogP contribution in [0.2, 0.25) is 0 Å². The SMILES string of the molecule is CC1(C)[C@H](C(F)(F)F)CCN1C(=O)Nc1cccnc1. The lowest BCUT2D eigenvalue weighted by atomic mass is 9.88. The summed E-state index contributed by atoms with van der Waals surface area (Å²) in [4.78, 5) is 17.2. The van der Waals surface area contributed by atoms with Gasteiger partial charge in [0.05, 0.1) is 23.3 Å². The summed E-state index contributed by atoms with van der Waals surface area (Å²) in [5.41, 5.74) is -0.798. The van der Waals surface area contributed by atoms with E-state index in [9.17, 15) is 18.0 Å². The maximum absolute atomic E-state index is 13.0. The summed E-state index contributed by atoms with van der Waals surface area (Å²) in [6.45, 7) is 2.98. The predicted octanol–water partition coefficient (Wildman–Crippen LogP) is 3.28. The fraction of sp³-hybridized carbons (Fsp3) is 0.538. The molecule has 1 aromatic heterocycles. The summed E-state index contributed by atoms with van der Waals surface area (Å²) in [5, 5.41) is 2.57. The molecule has 0 aromatic carbocycles. The number of hydrogen-bond acceptors (Lipinski definition) is 2. The first-order valence-corrected chi connectivity index (χ1v) is 6.28. The van der Waals surface area contributed by atoms with Crippen molar-refractivity contribution in [1.82, 2.24) is 9.88 Å². The minimum atomic E-state index is -4.30. The van der Waals surface area contributed by atoms with Crippen LogP contribution in [-0.2, 0) is 0 Å². The Kier molecular flexibility index (Phi) is 3.62. The number of aromatic nitrogens is 1. The Morgan fingerprint density at radius 3 is 2.70 bits per heavy atom. The summed E-state index contributed by atoms with van der Waals surface area (Å²) in [6.07, 6.45) is -1.37. The molecular weight excluding hydrogens is 271 g/mol. The molecule has 0 saturated carbocycles. The summed E-state index contributed by atoms with van der Waals surface area (Å²) in [7, 11) is 0. The molecule has 110 valence electrons. The zero-order chi connectivity index (χ0) is 15.0. The lowest BCUT2D eigenvalue weighted by Gasteiger charge is -2.36. The zero-order valence-electron chi connectivity index (χ0n) is 11.2. The van der Waals surface area contributed by atoms with Gasteiger partial charge in [-0.2, -0.15) is 13.2 Å². The van der Waals surface area contributed by atoms with Gasteiger partial charge in [-0.05, 0) is 32.4 Å². The van der Waals surface area contributed by atoms with Gasteiger partial charge in [0, 0.05) is 12.7 Å². The molecule has 7 heteroatoms. The Morgan fingerprint density at radius 2 is 2.20 bits per heavy atom. The molecule has 0 radical (unpaired) electrons. The summed E-state index contributed by atoms with van der Waals surface area (Å²) >= 11 is 0. The van der Waals surface area contributed by atoms with E-state index in [1.165, 1.54) is 24.9 Å². The molecule has 0 unspecified atom stereocenters. The number of nitrogens with zero attached hydrogens (tertiary/aromatic N) is 2. The second kappa shape index (κ2) is 4.96. The van der Waals surface area contributed by atoms with Crippen molar-refractivity contribution in [2.24, 2.45) is 5.92 Å². The molecule has 0 bridgehead atoms. The highest BCUT2D eigenvalue weighted by Crippen LogP contribution is 2.44. The molecule has 1 N–H and O–H groups in total. The van der Waals surface area contributed by atoms with Gasteiger partial charge in [-0.3, -0.25) is 4.98 Å². The number of pyridine rings is 1. The number of urea groups is 1. The third-order valence-electron chi connectivity index (χ3n) is 3.74. The third-order valence-corrected chi connectivity index (χ3v) is 3.74. The van der Waals surface area contributed by atoms with E-state index >= 15 is 0 Å². The Morgan fingerprint density at radius 1 is 1.50 bits per heavy atom. The minimum absolute atomic E-state index is 0.0725. The van der Waals surface area contributed by atoms with E-state index in [0.717, 1.165) is 0 Å². The van der Waals surface area contributed by atoms with Gasteiger partial charge in [0.15, 0.2) is 0 Å². The molecule has 1 saturated heterocycles. The van der Waals surface area contributed by atoms with E-state index < -0.39 is 23.7 Å². The lowest BCUT2D eigenvalue weighted by Crippen LogP contribution is -2.51. The van der Waals surface area contributed by atoms with Gasteiger partial charge >= 0.3 is 12.2 Å². The molecule has 2 rings (SSSR count). The Balaban J connectivity index is 2.12. The van der Waals surface area contributed by atoms with Crippen molar-refractivity contribution in [2.75, 3.05) is 11.9 Å². The van der Waals surface area contributed by atoms with Gasteiger partial charge < -0.3 is 10.2 Å². The number of alkyl halides is 3. The number of hydrogen-bond donors (Lipinski definition) is 1. The Bertz CT molecular complexity index is 487. The van der Waals surface area contributed by atoms with E-state index in [0.29, 0.717) is 5.69 Å². The topological polar surface area (TPSA) is 45.2 Å². The highest BCUT2D eigenvalue weighted by molar-refractivity contribution is 5.89. The molecule has 0 spiro atoms. The fourth-order valence-corrected chi connectivity index (χ4v) is 2.64. The number of anilines is 1. The van der Waals surface area contributed by atoms with Gasteiger partial charge in [-0.15, -0.1) is 0 Å². The maximum atomic E-state index is 13.0. The highest BCUT2D eigenvalue weighted by Gasteiger charge is 2.56. The molecule has 1 aromatic rings. The first-order chi connectivity index (χ1) is 9.23. The van der Waals surface area contributed by atoms with Crippen molar-refractivity contribution in [2.45, 2.75) is 32.0 Å². The number of rotatable bonds is 1. The van der Waals surface area contributed by atoms with Crippen LogP contribution < -0.4 is 5.32 Å². The molecule has 4 nitrogen and oxygen atoms in total. The molecular formula is C13H16F3N3O. The monoisotopic (exact) mass is 287 g/mol. The molecule has 1 fully saturated rings. The number of likely N-dealkylation sites (tertiary alicyclic amines) is 1. The largest absolute Gasteiger partial charge is 0.394 e. The van der Waals surface area contributed by atoms with E-state index in [1.807, 2.05) is 0 Å². The van der Waals surface area contributed by atoms with E-state index in [2.05, 4.69) is 10.3 Å². The molecule has 1 aliphatic rings. The van der Waals surface area contributed by atoms with E-state index in [-0.39, 0.29) is 13.0 Å². The molecule has 2 heterocycles. The summed E-state index contributed by atoms with van der Waals surface area (Å²) in [5.74, 6) is -1.50. The van der Waals surface area contributed by atoms with Crippen molar-refractivity contribution in [3.8, 4) is 0 Å². The van der Waals surface area contributed by atoms with Crippen molar-refractivity contribution in [1.29, 1.82) is 0 Å². The first kappa shape index (κ1) is 14.6. The number of carbonyl (C=O) groups excluding carboxylic acids is 1. The highest BCUT2D eigenvalue weighted by atomic mass is 19.4. The summed E-state index contributed by atoms with van der Waals surface area (Å²) < 4.78 is 38.9. The smallest absolute Gasteiger partial charge is 0.319 e. The number of amides is 2. The normalized spacial score (nSPS) is 21.9. The van der Waals surface area contributed by atoms with Crippen molar-refractivity contribution >= 4 is 11.7 Å². The maximum Gasteiger partial charge on any atom is 0.394 e. The average molecular weight is 287 g/mol. The van der Waals surface area contributed by atoms with Crippen LogP contribution in [0.15, 0.2) is 24.5 Å². The van der Waals surface area contributed by atoms with Crippen LogP contribution in [0.3, 0.4) is 0 Å². The first-order valence-electron chi connectivity index (χ1n) is 6.28. The van der Waals surface area contributed by atoms with Crippen LogP contribution in [0, 0.1) is 5.92 Å². The predicted molar refractivity (Wildman–Crippen MR) is 68.2 cm³/mol. The van der Waals surface area contributed by atoms with Crippen LogP contribution in [0.4, 0.5) is 23.7 Å². The van der Waals surface area contributed by atoms with Crippen LogP contribution in [0.1, 0.15) is 20.3 Å². The number of nitrogens with one attached hydrogen (secondary N) is 1. The van der Waals surface area contributed by atoms with Crippen LogP contribution in [-0.4, -0.2) is 34.2 Å². The molecule has 1 atom stereocenters.